The van der Waals surface area contributed by atoms with E-state index in [9.17, 15) is 0 Å². The summed E-state index contributed by atoms with van der Waals surface area (Å²) in [5.74, 6) is 1.46. The number of hydrogen-bond donors (Lipinski definition) is 1. The number of rotatable bonds is 7. The average molecular weight is 923 g/mol. The minimum Gasteiger partial charge on any atom is -0.331 e. The van der Waals surface area contributed by atoms with Gasteiger partial charge in [0.1, 0.15) is 5.84 Å². The number of benzene rings is 9. The van der Waals surface area contributed by atoms with E-state index in [0.717, 1.165) is 73.2 Å². The van der Waals surface area contributed by atoms with Gasteiger partial charge in [-0.1, -0.05) is 212 Å². The molecule has 0 bridgehead atoms. The first kappa shape index (κ1) is 41.6. The van der Waals surface area contributed by atoms with E-state index in [0.29, 0.717) is 5.96 Å². The molecule has 1 aliphatic carbocycles. The van der Waals surface area contributed by atoms with Crippen LogP contribution in [0.3, 0.4) is 0 Å². The SMILES string of the molecule is C1=C(c2ccc3ccccc3c2)C=C(c2ccccc2)CC1n1c2ccccc2c2ccc3c4ccccc4n(C4=NC(c5cccc(-c6cccc(-c7ccccc7)n6)c5)N=C(c5ccccc5)N4)c3c21. The van der Waals surface area contributed by atoms with Gasteiger partial charge in [0.25, 0.3) is 0 Å². The van der Waals surface area contributed by atoms with Crippen LogP contribution < -0.4 is 5.32 Å². The van der Waals surface area contributed by atoms with Crippen molar-refractivity contribution in [2.45, 2.75) is 18.6 Å². The number of allylic oxidation sites excluding steroid dienone is 4. The fourth-order valence-corrected chi connectivity index (χ4v) is 11.1. The molecule has 0 radical (unpaired) electrons. The Morgan fingerprint density at radius 1 is 0.431 bits per heavy atom. The van der Waals surface area contributed by atoms with E-state index in [-0.39, 0.29) is 6.04 Å². The predicted octanol–water partition coefficient (Wildman–Crippen LogP) is 15.8. The molecule has 3 aromatic heterocycles. The van der Waals surface area contributed by atoms with E-state index in [1.54, 1.807) is 0 Å². The lowest BCUT2D eigenvalue weighted by molar-refractivity contribution is 0.659. The summed E-state index contributed by atoms with van der Waals surface area (Å²) >= 11 is 0. The second-order valence-corrected chi connectivity index (χ2v) is 18.8. The highest BCUT2D eigenvalue weighted by atomic mass is 15.3. The van der Waals surface area contributed by atoms with Crippen molar-refractivity contribution in [1.82, 2.24) is 19.4 Å². The van der Waals surface area contributed by atoms with Crippen molar-refractivity contribution in [2.24, 2.45) is 9.98 Å². The van der Waals surface area contributed by atoms with Gasteiger partial charge in [0, 0.05) is 43.8 Å². The van der Waals surface area contributed by atoms with Crippen LogP contribution in [-0.2, 0) is 0 Å². The maximum Gasteiger partial charge on any atom is 0.211 e. The van der Waals surface area contributed by atoms with Crippen LogP contribution in [0.15, 0.2) is 259 Å². The van der Waals surface area contributed by atoms with Gasteiger partial charge in [-0.05, 0) is 81.4 Å². The normalized spacial score (nSPS) is 15.9. The van der Waals surface area contributed by atoms with Gasteiger partial charge < -0.3 is 9.88 Å². The number of pyridine rings is 1. The van der Waals surface area contributed by atoms with Crippen LogP contribution >= 0.6 is 0 Å². The summed E-state index contributed by atoms with van der Waals surface area (Å²) in [5, 5.41) is 11.0. The lowest BCUT2D eigenvalue weighted by Gasteiger charge is -2.27. The van der Waals surface area contributed by atoms with E-state index in [4.69, 9.17) is 15.0 Å². The third kappa shape index (κ3) is 7.15. The molecule has 9 aromatic carbocycles. The van der Waals surface area contributed by atoms with Gasteiger partial charge in [-0.15, -0.1) is 0 Å². The highest BCUT2D eigenvalue weighted by Gasteiger charge is 2.29. The molecule has 2 atom stereocenters. The Balaban J connectivity index is 0.991. The number of fused-ring (bicyclic) bond motifs is 8. The molecule has 0 fully saturated rings. The third-order valence-electron chi connectivity index (χ3n) is 14.5. The fraction of sp³-hybridized carbons (Fsp3) is 0.0455. The first-order chi connectivity index (χ1) is 35.7. The van der Waals surface area contributed by atoms with Gasteiger partial charge >= 0.3 is 0 Å². The van der Waals surface area contributed by atoms with Crippen LogP contribution in [0.25, 0.3) is 88.0 Å². The quantitative estimate of drug-likeness (QED) is 0.173. The van der Waals surface area contributed by atoms with Crippen molar-refractivity contribution in [3.63, 3.8) is 0 Å². The maximum absolute atomic E-state index is 5.63. The summed E-state index contributed by atoms with van der Waals surface area (Å²) in [5.41, 5.74) is 15.3. The van der Waals surface area contributed by atoms with Gasteiger partial charge in [0.15, 0.2) is 6.17 Å². The van der Waals surface area contributed by atoms with E-state index < -0.39 is 6.17 Å². The summed E-state index contributed by atoms with van der Waals surface area (Å²) < 4.78 is 4.99. The number of amidine groups is 1. The van der Waals surface area contributed by atoms with Gasteiger partial charge in [-0.3, -0.25) is 4.57 Å². The molecule has 0 amide bonds. The second-order valence-electron chi connectivity index (χ2n) is 18.8. The Labute approximate surface area is 416 Å². The molecular weight excluding hydrogens is 877 g/mol. The predicted molar refractivity (Wildman–Crippen MR) is 299 cm³/mol. The zero-order valence-corrected chi connectivity index (χ0v) is 39.3. The molecule has 72 heavy (non-hydrogen) atoms. The first-order valence-corrected chi connectivity index (χ1v) is 24.7. The standard InChI is InChI=1S/C66H46N6/c1-4-18-43(19-5-1)51-40-52(48-35-34-44-20-10-11-25-47(44)38-48)42-53(41-51)71-60-32-14-12-28-54(60)56-36-37-57-55-29-13-15-33-61(55)72(63(57)62(56)71)66-69-64(46-23-8-3-9-24-46)68-65(70-66)50-27-16-26-49(39-50)59-31-17-30-58(67-59)45-21-6-2-7-22-45/h1-40,42,53,65H,41H2,(H,68,69,70). The average Bonchev–Trinajstić information content (AvgIpc) is 3.99. The summed E-state index contributed by atoms with van der Waals surface area (Å²) in [6, 6.07) is 84.2. The zero-order valence-electron chi connectivity index (χ0n) is 39.3. The van der Waals surface area contributed by atoms with Crippen molar-refractivity contribution in [3.05, 3.63) is 271 Å². The molecule has 2 aliphatic rings. The topological polar surface area (TPSA) is 59.5 Å². The smallest absolute Gasteiger partial charge is 0.211 e. The number of aromatic nitrogens is 3. The number of aliphatic imine (C=N–C) groups is 2. The zero-order chi connectivity index (χ0) is 47.5. The van der Waals surface area contributed by atoms with Crippen LogP contribution in [0, 0.1) is 0 Å². The van der Waals surface area contributed by atoms with Crippen molar-refractivity contribution in [3.8, 4) is 22.5 Å². The van der Waals surface area contributed by atoms with Crippen molar-refractivity contribution in [1.29, 1.82) is 0 Å². The van der Waals surface area contributed by atoms with E-state index in [1.165, 1.54) is 49.3 Å². The van der Waals surface area contributed by atoms with Crippen LogP contribution in [0.1, 0.15) is 40.9 Å². The molecule has 0 spiro atoms. The Morgan fingerprint density at radius 3 is 1.82 bits per heavy atom. The molecule has 1 aliphatic heterocycles. The third-order valence-corrected chi connectivity index (χ3v) is 14.5. The van der Waals surface area contributed by atoms with Crippen LogP contribution in [0.5, 0.6) is 0 Å². The van der Waals surface area contributed by atoms with Crippen molar-refractivity contribution >= 4 is 77.3 Å². The molecule has 6 nitrogen and oxygen atoms in total. The summed E-state index contributed by atoms with van der Waals surface area (Å²) in [4.78, 5) is 16.2. The Bertz CT molecular complexity index is 4210. The number of para-hydroxylation sites is 2. The number of nitrogens with zero attached hydrogens (tertiary/aromatic N) is 5. The Morgan fingerprint density at radius 2 is 1.04 bits per heavy atom. The Hall–Kier alpha value is -9.39. The monoisotopic (exact) mass is 922 g/mol. The lowest BCUT2D eigenvalue weighted by atomic mass is 9.87. The van der Waals surface area contributed by atoms with Gasteiger partial charge in [0.05, 0.1) is 34.0 Å². The maximum atomic E-state index is 5.63. The van der Waals surface area contributed by atoms with Gasteiger partial charge in [-0.2, -0.15) is 0 Å². The second kappa shape index (κ2) is 17.2. The van der Waals surface area contributed by atoms with Gasteiger partial charge in [0.2, 0.25) is 5.96 Å². The van der Waals surface area contributed by atoms with Crippen molar-refractivity contribution in [2.75, 3.05) is 0 Å². The van der Waals surface area contributed by atoms with Crippen LogP contribution in [0.4, 0.5) is 0 Å². The van der Waals surface area contributed by atoms with Crippen LogP contribution in [0.2, 0.25) is 0 Å². The molecule has 4 heterocycles. The number of hydrogen-bond acceptors (Lipinski definition) is 4. The van der Waals surface area contributed by atoms with E-state index in [2.05, 4.69) is 251 Å². The van der Waals surface area contributed by atoms with Gasteiger partial charge in [-0.25, -0.2) is 15.0 Å². The molecular formula is C66H46N6. The largest absolute Gasteiger partial charge is 0.331 e. The molecule has 1 N–H and O–H groups in total. The molecule has 2 unspecified atom stereocenters. The number of nitrogens with one attached hydrogen (secondary N) is 1. The van der Waals surface area contributed by atoms with Crippen LogP contribution in [-0.4, -0.2) is 25.9 Å². The highest BCUT2D eigenvalue weighted by Crippen LogP contribution is 2.45. The summed E-state index contributed by atoms with van der Waals surface area (Å²) in [6.07, 6.45) is 5.17. The minimum absolute atomic E-state index is 0.0293. The molecule has 12 aromatic rings. The molecule has 0 saturated carbocycles. The van der Waals surface area contributed by atoms with Crippen molar-refractivity contribution < 1.29 is 0 Å². The first-order valence-electron chi connectivity index (χ1n) is 24.7. The fourth-order valence-electron chi connectivity index (χ4n) is 11.1. The summed E-state index contributed by atoms with van der Waals surface area (Å²) in [6.45, 7) is 0. The molecule has 6 heteroatoms. The summed E-state index contributed by atoms with van der Waals surface area (Å²) in [7, 11) is 0. The molecule has 14 rings (SSSR count). The van der Waals surface area contributed by atoms with E-state index in [1.807, 2.05) is 12.1 Å². The highest BCUT2D eigenvalue weighted by molar-refractivity contribution is 6.26. The molecule has 340 valence electrons. The lowest BCUT2D eigenvalue weighted by Crippen LogP contribution is -2.39. The Kier molecular flexibility index (Phi) is 9.95. The van der Waals surface area contributed by atoms with E-state index >= 15 is 0 Å². The minimum atomic E-state index is -0.556. The molecule has 0 saturated heterocycles.